The van der Waals surface area contributed by atoms with Crippen LogP contribution in [0.3, 0.4) is 0 Å². The average molecular weight is 385 g/mol. The van der Waals surface area contributed by atoms with Crippen LogP contribution in [0.5, 0.6) is 0 Å². The molecule has 7 nitrogen and oxygen atoms in total. The highest BCUT2D eigenvalue weighted by Crippen LogP contribution is 2.41. The Bertz CT molecular complexity index is 818. The van der Waals surface area contributed by atoms with Gasteiger partial charge in [-0.1, -0.05) is 18.2 Å². The number of primary amides is 1. The lowest BCUT2D eigenvalue weighted by molar-refractivity contribution is -0.144. The first-order valence-electron chi connectivity index (χ1n) is 7.92. The van der Waals surface area contributed by atoms with E-state index in [1.54, 1.807) is 13.8 Å². The predicted octanol–water partition coefficient (Wildman–Crippen LogP) is 3.08. The Morgan fingerprint density at radius 3 is 2.37 bits per heavy atom. The van der Waals surface area contributed by atoms with E-state index in [4.69, 9.17) is 10.5 Å². The molecule has 2 rings (SSSR count). The number of esters is 1. The van der Waals surface area contributed by atoms with E-state index in [2.05, 4.69) is 5.32 Å². The second-order valence-corrected chi connectivity index (χ2v) is 6.12. The van der Waals surface area contributed by atoms with Crippen LogP contribution in [0.4, 0.5) is 22.8 Å². The Kier molecular flexibility index (Phi) is 5.48. The van der Waals surface area contributed by atoms with Crippen LogP contribution >= 0.6 is 0 Å². The molecular formula is C17H18F3N3O4. The summed E-state index contributed by atoms with van der Waals surface area (Å²) in [7, 11) is 0. The summed E-state index contributed by atoms with van der Waals surface area (Å²) in [5.41, 5.74) is 3.33. The fourth-order valence-electron chi connectivity index (χ4n) is 2.80. The molecule has 10 heteroatoms. The van der Waals surface area contributed by atoms with Crippen molar-refractivity contribution in [2.45, 2.75) is 39.1 Å². The van der Waals surface area contributed by atoms with Crippen molar-refractivity contribution in [3.05, 3.63) is 46.7 Å². The van der Waals surface area contributed by atoms with Crippen LogP contribution in [0.1, 0.15) is 37.9 Å². The van der Waals surface area contributed by atoms with Gasteiger partial charge in [0, 0.05) is 5.70 Å². The average Bonchev–Trinajstić information content (AvgIpc) is 2.51. The molecule has 0 saturated heterocycles. The Hall–Kier alpha value is -3.04. The van der Waals surface area contributed by atoms with Crippen LogP contribution in [0.15, 0.2) is 35.5 Å². The fraction of sp³-hybridized carbons (Fsp3) is 0.353. The lowest BCUT2D eigenvalue weighted by Crippen LogP contribution is -2.53. The van der Waals surface area contributed by atoms with Crippen LogP contribution in [0, 0.1) is 0 Å². The van der Waals surface area contributed by atoms with E-state index in [-0.39, 0.29) is 11.3 Å². The summed E-state index contributed by atoms with van der Waals surface area (Å²) in [6.45, 7) is 4.44. The van der Waals surface area contributed by atoms with Crippen molar-refractivity contribution in [1.29, 1.82) is 0 Å². The van der Waals surface area contributed by atoms with E-state index in [1.165, 1.54) is 13.0 Å². The molecule has 27 heavy (non-hydrogen) atoms. The SMILES string of the molecule is CC1=C(C(=O)OC(C)C)C(c2ccccc2C(F)(F)F)N(C(N)=O)C(=O)N1. The highest BCUT2D eigenvalue weighted by Gasteiger charge is 2.45. The van der Waals surface area contributed by atoms with Gasteiger partial charge in [0.05, 0.1) is 17.2 Å². The smallest absolute Gasteiger partial charge is 0.416 e. The maximum atomic E-state index is 13.5. The first-order chi connectivity index (χ1) is 12.4. The van der Waals surface area contributed by atoms with Gasteiger partial charge in [-0.05, 0) is 32.4 Å². The third-order valence-electron chi connectivity index (χ3n) is 3.81. The van der Waals surface area contributed by atoms with Crippen molar-refractivity contribution in [3.63, 3.8) is 0 Å². The van der Waals surface area contributed by atoms with Gasteiger partial charge in [-0.15, -0.1) is 0 Å². The second-order valence-electron chi connectivity index (χ2n) is 6.12. The third kappa shape index (κ3) is 4.04. The van der Waals surface area contributed by atoms with Gasteiger partial charge in [0.25, 0.3) is 0 Å². The lowest BCUT2D eigenvalue weighted by atomic mass is 9.90. The number of imide groups is 1. The van der Waals surface area contributed by atoms with Crippen LogP contribution in [0.25, 0.3) is 0 Å². The van der Waals surface area contributed by atoms with Crippen molar-refractivity contribution >= 4 is 18.0 Å². The largest absolute Gasteiger partial charge is 0.459 e. The van der Waals surface area contributed by atoms with Crippen LogP contribution in [-0.4, -0.2) is 29.0 Å². The number of urea groups is 2. The summed E-state index contributed by atoms with van der Waals surface area (Å²) in [4.78, 5) is 37.0. The molecule has 1 aliphatic heterocycles. The molecule has 0 aromatic heterocycles. The number of carbonyl (C=O) groups is 3. The molecule has 146 valence electrons. The first-order valence-corrected chi connectivity index (χ1v) is 7.92. The molecule has 1 aromatic rings. The molecule has 0 fully saturated rings. The standard InChI is InChI=1S/C17H18F3N3O4/c1-8(2)27-14(24)12-9(3)22-16(26)23(15(21)25)13(12)10-6-4-5-7-11(10)17(18,19)20/h4-8,13H,1-3H3,(H2,21,25)(H,22,26). The van der Waals surface area contributed by atoms with E-state index < -0.39 is 47.5 Å². The third-order valence-corrected chi connectivity index (χ3v) is 3.81. The fourth-order valence-corrected chi connectivity index (χ4v) is 2.80. The van der Waals surface area contributed by atoms with E-state index in [0.717, 1.165) is 18.2 Å². The normalized spacial score (nSPS) is 17.8. The van der Waals surface area contributed by atoms with Gasteiger partial charge in [0.1, 0.15) is 6.04 Å². The number of allylic oxidation sites excluding steroid dienone is 1. The van der Waals surface area contributed by atoms with Crippen molar-refractivity contribution in [2.24, 2.45) is 5.73 Å². The van der Waals surface area contributed by atoms with E-state index >= 15 is 0 Å². The molecule has 1 unspecified atom stereocenters. The molecule has 0 spiro atoms. The number of nitrogens with two attached hydrogens (primary N) is 1. The number of benzene rings is 1. The molecule has 0 radical (unpaired) electrons. The number of amides is 4. The monoisotopic (exact) mass is 385 g/mol. The summed E-state index contributed by atoms with van der Waals surface area (Å²) in [5, 5.41) is 2.26. The molecule has 0 aliphatic carbocycles. The van der Waals surface area contributed by atoms with Gasteiger partial charge in [-0.2, -0.15) is 13.2 Å². The second kappa shape index (κ2) is 7.29. The quantitative estimate of drug-likeness (QED) is 0.781. The molecule has 1 heterocycles. The zero-order valence-corrected chi connectivity index (χ0v) is 14.8. The van der Waals surface area contributed by atoms with Crippen molar-refractivity contribution in [3.8, 4) is 0 Å². The number of rotatable bonds is 3. The number of alkyl halides is 3. The minimum absolute atomic E-state index is 0.0230. The number of halogens is 3. The first kappa shape index (κ1) is 20.3. The Morgan fingerprint density at radius 2 is 1.85 bits per heavy atom. The summed E-state index contributed by atoms with van der Waals surface area (Å²) in [5.74, 6) is -0.962. The number of hydrogen-bond acceptors (Lipinski definition) is 4. The maximum Gasteiger partial charge on any atom is 0.416 e. The molecule has 0 saturated carbocycles. The van der Waals surface area contributed by atoms with Crippen molar-refractivity contribution in [1.82, 2.24) is 10.2 Å². The highest BCUT2D eigenvalue weighted by atomic mass is 19.4. The summed E-state index contributed by atoms with van der Waals surface area (Å²) in [6.07, 6.45) is -5.36. The topological polar surface area (TPSA) is 102 Å². The molecule has 1 atom stereocenters. The number of carbonyl (C=O) groups excluding carboxylic acids is 3. The zero-order valence-electron chi connectivity index (χ0n) is 14.8. The lowest BCUT2D eigenvalue weighted by Gasteiger charge is -2.36. The maximum absolute atomic E-state index is 13.5. The molecule has 1 aliphatic rings. The Morgan fingerprint density at radius 1 is 1.26 bits per heavy atom. The van der Waals surface area contributed by atoms with E-state index in [1.807, 2.05) is 0 Å². The Labute approximate surface area is 152 Å². The van der Waals surface area contributed by atoms with Gasteiger partial charge < -0.3 is 15.8 Å². The molecular weight excluding hydrogens is 367 g/mol. The van der Waals surface area contributed by atoms with Crippen molar-refractivity contribution < 1.29 is 32.3 Å². The highest BCUT2D eigenvalue weighted by molar-refractivity contribution is 6.01. The number of nitrogens with one attached hydrogen (secondary N) is 1. The number of nitrogens with zero attached hydrogens (tertiary/aromatic N) is 1. The van der Waals surface area contributed by atoms with Gasteiger partial charge in [0.15, 0.2) is 0 Å². The number of hydrogen-bond donors (Lipinski definition) is 2. The summed E-state index contributed by atoms with van der Waals surface area (Å²) < 4.78 is 45.6. The van der Waals surface area contributed by atoms with Gasteiger partial charge in [0.2, 0.25) is 0 Å². The van der Waals surface area contributed by atoms with Crippen molar-refractivity contribution in [2.75, 3.05) is 0 Å². The van der Waals surface area contributed by atoms with Crippen LogP contribution in [0.2, 0.25) is 0 Å². The zero-order chi connectivity index (χ0) is 20.5. The molecule has 3 N–H and O–H groups in total. The van der Waals surface area contributed by atoms with Gasteiger partial charge in [-0.3, -0.25) is 0 Å². The van der Waals surface area contributed by atoms with E-state index in [9.17, 15) is 27.6 Å². The minimum atomic E-state index is -4.78. The van der Waals surface area contributed by atoms with Gasteiger partial charge >= 0.3 is 24.2 Å². The molecule has 4 amide bonds. The Balaban J connectivity index is 2.76. The number of ether oxygens (including phenoxy) is 1. The molecule has 1 aromatic carbocycles. The summed E-state index contributed by atoms with van der Waals surface area (Å²) in [6, 6.07) is 0.309. The predicted molar refractivity (Wildman–Crippen MR) is 88.1 cm³/mol. The molecule has 0 bridgehead atoms. The minimum Gasteiger partial charge on any atom is -0.459 e. The van der Waals surface area contributed by atoms with E-state index in [0.29, 0.717) is 4.90 Å². The van der Waals surface area contributed by atoms with Gasteiger partial charge in [-0.25, -0.2) is 19.3 Å². The summed E-state index contributed by atoms with van der Waals surface area (Å²) >= 11 is 0. The van der Waals surface area contributed by atoms with Crippen LogP contribution < -0.4 is 11.1 Å². The van der Waals surface area contributed by atoms with Crippen LogP contribution in [-0.2, 0) is 15.7 Å².